The van der Waals surface area contributed by atoms with Crippen LogP contribution in [0.3, 0.4) is 0 Å². The average molecular weight is 349 g/mol. The van der Waals surface area contributed by atoms with E-state index in [1.54, 1.807) is 19.1 Å². The Bertz CT molecular complexity index is 927. The summed E-state index contributed by atoms with van der Waals surface area (Å²) in [6, 6.07) is 3.32. The predicted octanol–water partition coefficient (Wildman–Crippen LogP) is 1.22. The quantitative estimate of drug-likeness (QED) is 0.828. The lowest BCUT2D eigenvalue weighted by atomic mass is 10.3. The highest BCUT2D eigenvalue weighted by atomic mass is 32.1. The number of hydrogen-bond acceptors (Lipinski definition) is 7. The first kappa shape index (κ1) is 16.2. The largest absolute Gasteiger partial charge is 0.493 e. The number of aromatic nitrogens is 1. The fraction of sp³-hybridized carbons (Fsp3) is 0.333. The van der Waals surface area contributed by atoms with Gasteiger partial charge in [0.1, 0.15) is 6.54 Å². The number of hydrogen-bond donors (Lipinski definition) is 0. The third-order valence-corrected chi connectivity index (χ3v) is 4.56. The van der Waals surface area contributed by atoms with Crippen LogP contribution in [0.2, 0.25) is 0 Å². The zero-order valence-corrected chi connectivity index (χ0v) is 14.2. The van der Waals surface area contributed by atoms with Gasteiger partial charge in [-0.3, -0.25) is 19.0 Å². The molecule has 0 unspecified atom stereocenters. The number of hydrazone groups is 1. The van der Waals surface area contributed by atoms with E-state index < -0.39 is 5.91 Å². The Labute approximate surface area is 140 Å². The van der Waals surface area contributed by atoms with Crippen molar-refractivity contribution in [3.05, 3.63) is 21.8 Å². The van der Waals surface area contributed by atoms with Gasteiger partial charge in [-0.25, -0.2) is 0 Å². The summed E-state index contributed by atoms with van der Waals surface area (Å²) in [5.74, 6) is 0.0209. The number of fused-ring (bicyclic) bond motifs is 1. The molecular formula is C15H15N3O5S. The Morgan fingerprint density at radius 1 is 1.25 bits per heavy atom. The summed E-state index contributed by atoms with van der Waals surface area (Å²) >= 11 is 0.994. The number of amides is 2. The standard InChI is InChI=1S/C15H15N3O5S/c1-8-4-13(19)18(16-8)14(20)7-17-9-5-10(22-2)11(23-3)6-12(9)24-15(17)21/h5-6H,4,7H2,1-3H3. The first-order valence-electron chi connectivity index (χ1n) is 7.09. The predicted molar refractivity (Wildman–Crippen MR) is 88.8 cm³/mol. The molecule has 9 heteroatoms. The molecule has 2 amide bonds. The molecule has 3 rings (SSSR count). The molecule has 24 heavy (non-hydrogen) atoms. The number of imide groups is 1. The third kappa shape index (κ3) is 2.67. The van der Waals surface area contributed by atoms with Crippen molar-refractivity contribution in [1.82, 2.24) is 9.58 Å². The van der Waals surface area contributed by atoms with Crippen molar-refractivity contribution in [3.63, 3.8) is 0 Å². The van der Waals surface area contributed by atoms with Gasteiger partial charge in [0.15, 0.2) is 11.5 Å². The van der Waals surface area contributed by atoms with Gasteiger partial charge in [-0.15, -0.1) is 0 Å². The van der Waals surface area contributed by atoms with Crippen molar-refractivity contribution in [2.24, 2.45) is 5.10 Å². The molecule has 0 aliphatic carbocycles. The van der Waals surface area contributed by atoms with Crippen LogP contribution in [-0.2, 0) is 16.1 Å². The van der Waals surface area contributed by atoms with Gasteiger partial charge >= 0.3 is 4.87 Å². The van der Waals surface area contributed by atoms with Gasteiger partial charge < -0.3 is 9.47 Å². The maximum atomic E-state index is 12.3. The molecule has 1 aromatic heterocycles. The highest BCUT2D eigenvalue weighted by molar-refractivity contribution is 7.16. The van der Waals surface area contributed by atoms with Crippen LogP contribution in [0.1, 0.15) is 13.3 Å². The summed E-state index contributed by atoms with van der Waals surface area (Å²) in [6.45, 7) is 1.41. The monoisotopic (exact) mass is 349 g/mol. The molecule has 0 saturated carbocycles. The van der Waals surface area contributed by atoms with Crippen molar-refractivity contribution < 1.29 is 19.1 Å². The molecule has 0 N–H and O–H groups in total. The zero-order valence-electron chi connectivity index (χ0n) is 13.4. The summed E-state index contributed by atoms with van der Waals surface area (Å²) < 4.78 is 12.4. The Kier molecular flexibility index (Phi) is 4.10. The maximum absolute atomic E-state index is 12.3. The fourth-order valence-corrected chi connectivity index (χ4v) is 3.39. The number of thiazole rings is 1. The number of nitrogens with zero attached hydrogens (tertiary/aromatic N) is 3. The minimum Gasteiger partial charge on any atom is -0.493 e. The highest BCUT2D eigenvalue weighted by Crippen LogP contribution is 2.33. The second-order valence-electron chi connectivity index (χ2n) is 5.24. The molecule has 1 aromatic carbocycles. The van der Waals surface area contributed by atoms with Gasteiger partial charge in [-0.2, -0.15) is 10.1 Å². The van der Waals surface area contributed by atoms with Crippen LogP contribution in [0.5, 0.6) is 11.5 Å². The molecule has 8 nitrogen and oxygen atoms in total. The molecule has 0 bridgehead atoms. The second kappa shape index (κ2) is 6.08. The lowest BCUT2D eigenvalue weighted by Crippen LogP contribution is -2.33. The summed E-state index contributed by atoms with van der Waals surface area (Å²) in [6.07, 6.45) is 0.121. The van der Waals surface area contributed by atoms with E-state index in [1.165, 1.54) is 18.8 Å². The summed E-state index contributed by atoms with van der Waals surface area (Å²) in [5.41, 5.74) is 1.12. The lowest BCUT2D eigenvalue weighted by Gasteiger charge is -2.11. The van der Waals surface area contributed by atoms with E-state index in [4.69, 9.17) is 9.47 Å². The van der Waals surface area contributed by atoms with Crippen molar-refractivity contribution in [1.29, 1.82) is 0 Å². The SMILES string of the molecule is COc1cc2sc(=O)n(CC(=O)N3N=C(C)CC3=O)c2cc1OC. The van der Waals surface area contributed by atoms with Gasteiger partial charge in [0, 0.05) is 17.8 Å². The van der Waals surface area contributed by atoms with Crippen molar-refractivity contribution in [3.8, 4) is 11.5 Å². The number of methoxy groups -OCH3 is 2. The lowest BCUT2D eigenvalue weighted by molar-refractivity contribution is -0.143. The van der Waals surface area contributed by atoms with E-state index in [-0.39, 0.29) is 23.7 Å². The van der Waals surface area contributed by atoms with Gasteiger partial charge in [0.05, 0.1) is 30.9 Å². The van der Waals surface area contributed by atoms with Crippen molar-refractivity contribution in [2.45, 2.75) is 19.9 Å². The van der Waals surface area contributed by atoms with Crippen molar-refractivity contribution in [2.75, 3.05) is 14.2 Å². The highest BCUT2D eigenvalue weighted by Gasteiger charge is 2.28. The number of rotatable bonds is 4. The van der Waals surface area contributed by atoms with E-state index in [0.29, 0.717) is 27.4 Å². The normalized spacial score (nSPS) is 14.2. The number of ether oxygens (including phenoxy) is 2. The van der Waals surface area contributed by atoms with E-state index >= 15 is 0 Å². The van der Waals surface area contributed by atoms with Gasteiger partial charge in [-0.1, -0.05) is 11.3 Å². The molecule has 0 radical (unpaired) electrons. The third-order valence-electron chi connectivity index (χ3n) is 3.62. The first-order chi connectivity index (χ1) is 11.4. The van der Waals surface area contributed by atoms with E-state index in [1.807, 2.05) is 0 Å². The molecule has 0 saturated heterocycles. The Hall–Kier alpha value is -2.68. The molecule has 0 fully saturated rings. The summed E-state index contributed by atoms with van der Waals surface area (Å²) in [5, 5.41) is 4.74. The average Bonchev–Trinajstić information content (AvgIpc) is 3.04. The molecule has 2 heterocycles. The van der Waals surface area contributed by atoms with Crippen LogP contribution in [-0.4, -0.2) is 41.3 Å². The number of carbonyl (C=O) groups is 2. The second-order valence-corrected chi connectivity index (χ2v) is 6.23. The fourth-order valence-electron chi connectivity index (χ4n) is 2.49. The van der Waals surface area contributed by atoms with Crippen LogP contribution >= 0.6 is 11.3 Å². The van der Waals surface area contributed by atoms with Crippen LogP contribution in [0.4, 0.5) is 0 Å². The first-order valence-corrected chi connectivity index (χ1v) is 7.91. The molecule has 0 atom stereocenters. The minimum absolute atomic E-state index is 0.121. The summed E-state index contributed by atoms with van der Waals surface area (Å²) in [7, 11) is 3.00. The van der Waals surface area contributed by atoms with Crippen LogP contribution in [0.15, 0.2) is 22.0 Å². The Morgan fingerprint density at radius 2 is 1.92 bits per heavy atom. The molecule has 0 spiro atoms. The summed E-state index contributed by atoms with van der Waals surface area (Å²) in [4.78, 5) is 36.0. The van der Waals surface area contributed by atoms with Crippen LogP contribution in [0.25, 0.3) is 10.2 Å². The van der Waals surface area contributed by atoms with Crippen LogP contribution in [0, 0.1) is 0 Å². The molecular weight excluding hydrogens is 334 g/mol. The molecule has 1 aliphatic rings. The maximum Gasteiger partial charge on any atom is 0.308 e. The van der Waals surface area contributed by atoms with Gasteiger partial charge in [-0.05, 0) is 6.92 Å². The Morgan fingerprint density at radius 3 is 2.50 bits per heavy atom. The number of carbonyl (C=O) groups excluding carboxylic acids is 2. The van der Waals surface area contributed by atoms with Crippen LogP contribution < -0.4 is 14.3 Å². The van der Waals surface area contributed by atoms with Crippen molar-refractivity contribution >= 4 is 39.1 Å². The van der Waals surface area contributed by atoms with E-state index in [0.717, 1.165) is 16.3 Å². The zero-order chi connectivity index (χ0) is 17.4. The smallest absolute Gasteiger partial charge is 0.308 e. The minimum atomic E-state index is -0.548. The molecule has 126 valence electrons. The molecule has 2 aromatic rings. The van der Waals surface area contributed by atoms with E-state index in [9.17, 15) is 14.4 Å². The van der Waals surface area contributed by atoms with Gasteiger partial charge in [0.2, 0.25) is 0 Å². The molecule has 1 aliphatic heterocycles. The number of benzene rings is 1. The topological polar surface area (TPSA) is 90.2 Å². The van der Waals surface area contributed by atoms with Gasteiger partial charge in [0.25, 0.3) is 11.8 Å². The van der Waals surface area contributed by atoms with E-state index in [2.05, 4.69) is 5.10 Å². The Balaban J connectivity index is 2.00.